The SMILES string of the molecule is COc1ccccc1N1C(=S)C(=N)N(c2cccc(Cl)c2)C1=S. The lowest BCUT2D eigenvalue weighted by molar-refractivity contribution is 0.416. The smallest absolute Gasteiger partial charge is 0.192 e. The molecule has 1 heterocycles. The zero-order chi connectivity index (χ0) is 16.6. The Balaban J connectivity index is 2.07. The van der Waals surface area contributed by atoms with E-state index in [1.54, 1.807) is 29.0 Å². The molecule has 0 spiro atoms. The second-order valence-electron chi connectivity index (χ2n) is 4.76. The summed E-state index contributed by atoms with van der Waals surface area (Å²) in [5, 5.41) is 9.29. The highest BCUT2D eigenvalue weighted by Gasteiger charge is 2.38. The maximum Gasteiger partial charge on any atom is 0.192 e. The van der Waals surface area contributed by atoms with Crippen molar-refractivity contribution in [3.05, 3.63) is 53.6 Å². The van der Waals surface area contributed by atoms with E-state index in [4.69, 9.17) is 46.2 Å². The monoisotopic (exact) mass is 361 g/mol. The highest BCUT2D eigenvalue weighted by molar-refractivity contribution is 7.84. The lowest BCUT2D eigenvalue weighted by Gasteiger charge is -2.22. The van der Waals surface area contributed by atoms with Crippen LogP contribution in [0.25, 0.3) is 0 Å². The second-order valence-corrected chi connectivity index (χ2v) is 5.95. The first-order chi connectivity index (χ1) is 11.0. The second kappa shape index (κ2) is 6.23. The topological polar surface area (TPSA) is 39.6 Å². The van der Waals surface area contributed by atoms with Crippen molar-refractivity contribution >= 4 is 63.3 Å². The highest BCUT2D eigenvalue weighted by Crippen LogP contribution is 2.34. The molecule has 0 aliphatic carbocycles. The van der Waals surface area contributed by atoms with Crippen LogP contribution in [0.15, 0.2) is 48.5 Å². The van der Waals surface area contributed by atoms with Gasteiger partial charge in [-0.05, 0) is 42.5 Å². The molecule has 2 aromatic rings. The maximum atomic E-state index is 8.33. The lowest BCUT2D eigenvalue weighted by atomic mass is 10.2. The van der Waals surface area contributed by atoms with Crippen molar-refractivity contribution in [1.82, 2.24) is 0 Å². The number of halogens is 1. The third-order valence-corrected chi connectivity index (χ3v) is 4.38. The fourth-order valence-electron chi connectivity index (χ4n) is 2.37. The van der Waals surface area contributed by atoms with Gasteiger partial charge in [-0.15, -0.1) is 0 Å². The fraction of sp³-hybridized carbons (Fsp3) is 0.0625. The number of thiocarbonyl (C=S) groups is 2. The molecule has 0 saturated carbocycles. The van der Waals surface area contributed by atoms with E-state index in [1.807, 2.05) is 36.4 Å². The molecule has 1 N–H and O–H groups in total. The number of amidine groups is 1. The Kier molecular flexibility index (Phi) is 4.30. The van der Waals surface area contributed by atoms with E-state index in [0.29, 0.717) is 32.2 Å². The summed E-state index contributed by atoms with van der Waals surface area (Å²) in [6.07, 6.45) is 0. The van der Waals surface area contributed by atoms with Gasteiger partial charge in [0.05, 0.1) is 18.5 Å². The third-order valence-electron chi connectivity index (χ3n) is 3.40. The molecular formula is C16H12ClN3OS2. The Bertz CT molecular complexity index is 824. The van der Waals surface area contributed by atoms with Crippen LogP contribution in [0.4, 0.5) is 11.4 Å². The summed E-state index contributed by atoms with van der Waals surface area (Å²) in [5.41, 5.74) is 1.41. The number of methoxy groups -OCH3 is 1. The number of hydrogen-bond donors (Lipinski definition) is 1. The Hall–Kier alpha value is -2.02. The van der Waals surface area contributed by atoms with Crippen LogP contribution in [0.3, 0.4) is 0 Å². The Labute approximate surface area is 149 Å². The molecule has 7 heteroatoms. The Morgan fingerprint density at radius 3 is 2.48 bits per heavy atom. The van der Waals surface area contributed by atoms with E-state index in [0.717, 1.165) is 0 Å². The van der Waals surface area contributed by atoms with Gasteiger partial charge in [-0.3, -0.25) is 15.2 Å². The minimum Gasteiger partial charge on any atom is -0.495 e. The summed E-state index contributed by atoms with van der Waals surface area (Å²) < 4.78 is 5.38. The summed E-state index contributed by atoms with van der Waals surface area (Å²) in [5.74, 6) is 0.774. The van der Waals surface area contributed by atoms with Gasteiger partial charge in [-0.2, -0.15) is 0 Å². The standard InChI is InChI=1S/C16H12ClN3OS2/c1-21-13-8-3-2-7-12(13)20-15(22)14(18)19(16(20)23)11-6-4-5-10(17)9-11/h2-9,18H,1H3. The summed E-state index contributed by atoms with van der Waals surface area (Å²) in [6.45, 7) is 0. The number of hydrogen-bond acceptors (Lipinski definition) is 4. The molecule has 3 rings (SSSR count). The Morgan fingerprint density at radius 1 is 1.04 bits per heavy atom. The van der Waals surface area contributed by atoms with Gasteiger partial charge in [0, 0.05) is 5.02 Å². The van der Waals surface area contributed by atoms with Crippen molar-refractivity contribution in [3.8, 4) is 5.75 Å². The van der Waals surface area contributed by atoms with Gasteiger partial charge >= 0.3 is 0 Å². The van der Waals surface area contributed by atoms with Crippen LogP contribution in [0.1, 0.15) is 0 Å². The van der Waals surface area contributed by atoms with Crippen molar-refractivity contribution in [2.75, 3.05) is 16.9 Å². The van der Waals surface area contributed by atoms with Crippen LogP contribution in [0.5, 0.6) is 5.75 Å². The van der Waals surface area contributed by atoms with Gasteiger partial charge in [0.15, 0.2) is 15.9 Å². The third kappa shape index (κ3) is 2.69. The van der Waals surface area contributed by atoms with Crippen LogP contribution in [-0.2, 0) is 0 Å². The van der Waals surface area contributed by atoms with Crippen LogP contribution in [0, 0.1) is 5.41 Å². The lowest BCUT2D eigenvalue weighted by Crippen LogP contribution is -2.33. The molecule has 1 saturated heterocycles. The van der Waals surface area contributed by atoms with Crippen molar-refractivity contribution in [1.29, 1.82) is 5.41 Å². The summed E-state index contributed by atoms with van der Waals surface area (Å²) in [4.78, 5) is 3.57. The number of rotatable bonds is 3. The molecule has 1 aliphatic rings. The molecule has 0 amide bonds. The van der Waals surface area contributed by atoms with Gasteiger partial charge in [0.25, 0.3) is 0 Å². The summed E-state index contributed by atoms with van der Waals surface area (Å²) >= 11 is 17.0. The van der Waals surface area contributed by atoms with Gasteiger partial charge in [-0.25, -0.2) is 0 Å². The minimum atomic E-state index is 0.137. The largest absolute Gasteiger partial charge is 0.495 e. The molecule has 0 unspecified atom stereocenters. The van der Waals surface area contributed by atoms with E-state index in [-0.39, 0.29) is 5.84 Å². The predicted molar refractivity (Wildman–Crippen MR) is 102 cm³/mol. The molecule has 2 aromatic carbocycles. The molecule has 0 radical (unpaired) electrons. The fourth-order valence-corrected chi connectivity index (χ4v) is 3.27. The van der Waals surface area contributed by atoms with Crippen molar-refractivity contribution in [3.63, 3.8) is 0 Å². The summed E-state index contributed by atoms with van der Waals surface area (Å²) in [6, 6.07) is 14.6. The maximum absolute atomic E-state index is 8.33. The quantitative estimate of drug-likeness (QED) is 0.827. The first-order valence-electron chi connectivity index (χ1n) is 6.70. The van der Waals surface area contributed by atoms with Crippen molar-refractivity contribution in [2.45, 2.75) is 0 Å². The normalized spacial score (nSPS) is 14.6. The van der Waals surface area contributed by atoms with Crippen molar-refractivity contribution < 1.29 is 4.74 Å². The molecule has 0 atom stereocenters. The van der Waals surface area contributed by atoms with E-state index in [9.17, 15) is 0 Å². The van der Waals surface area contributed by atoms with Crippen LogP contribution < -0.4 is 14.5 Å². The van der Waals surface area contributed by atoms with E-state index in [2.05, 4.69) is 0 Å². The highest BCUT2D eigenvalue weighted by atomic mass is 35.5. The molecule has 4 nitrogen and oxygen atoms in total. The van der Waals surface area contributed by atoms with Crippen LogP contribution >= 0.6 is 36.0 Å². The van der Waals surface area contributed by atoms with Gasteiger partial charge < -0.3 is 4.74 Å². The number of nitrogens with one attached hydrogen (secondary N) is 1. The molecule has 1 aliphatic heterocycles. The average Bonchev–Trinajstić information content (AvgIpc) is 2.77. The molecular weight excluding hydrogens is 350 g/mol. The minimum absolute atomic E-state index is 0.137. The van der Waals surface area contributed by atoms with E-state index in [1.165, 1.54) is 0 Å². The predicted octanol–water partition coefficient (Wildman–Crippen LogP) is 4.26. The summed E-state index contributed by atoms with van der Waals surface area (Å²) in [7, 11) is 1.58. The zero-order valence-corrected chi connectivity index (χ0v) is 14.5. The molecule has 1 fully saturated rings. The number of para-hydroxylation sites is 2. The molecule has 116 valence electrons. The number of ether oxygens (including phenoxy) is 1. The van der Waals surface area contributed by atoms with Gasteiger partial charge in [0.2, 0.25) is 0 Å². The van der Waals surface area contributed by atoms with Gasteiger partial charge in [0.1, 0.15) is 5.75 Å². The first kappa shape index (κ1) is 15.9. The van der Waals surface area contributed by atoms with Crippen LogP contribution in [-0.4, -0.2) is 23.0 Å². The first-order valence-corrected chi connectivity index (χ1v) is 7.89. The van der Waals surface area contributed by atoms with Crippen LogP contribution in [0.2, 0.25) is 5.02 Å². The van der Waals surface area contributed by atoms with E-state index < -0.39 is 0 Å². The molecule has 0 aromatic heterocycles. The number of anilines is 2. The molecule has 23 heavy (non-hydrogen) atoms. The van der Waals surface area contributed by atoms with E-state index >= 15 is 0 Å². The van der Waals surface area contributed by atoms with Gasteiger partial charge in [-0.1, -0.05) is 42.0 Å². The number of benzene rings is 2. The van der Waals surface area contributed by atoms with Crippen molar-refractivity contribution in [2.24, 2.45) is 0 Å². The Morgan fingerprint density at radius 2 is 1.78 bits per heavy atom. The molecule has 0 bridgehead atoms. The zero-order valence-electron chi connectivity index (χ0n) is 12.1. The average molecular weight is 362 g/mol. The number of nitrogens with zero attached hydrogens (tertiary/aromatic N) is 2.